The number of carbonyl (C=O) groups is 2. The highest BCUT2D eigenvalue weighted by Crippen LogP contribution is 2.71. The van der Waals surface area contributed by atoms with Gasteiger partial charge in [-0.25, -0.2) is 4.79 Å². The van der Waals surface area contributed by atoms with Gasteiger partial charge >= 0.3 is 12.1 Å². The fraction of sp³-hybridized carbons (Fsp3) is 0.929. The number of methoxy groups -OCH3 is 1. The Kier molecular flexibility index (Phi) is 6.44. The highest BCUT2D eigenvalue weighted by Gasteiger charge is 2.70. The van der Waals surface area contributed by atoms with Gasteiger partial charge < -0.3 is 18.9 Å². The molecule has 1 aliphatic heterocycles. The van der Waals surface area contributed by atoms with E-state index in [0.717, 1.165) is 31.6 Å². The minimum atomic E-state index is -0.523. The average molecular weight is 477 g/mol. The normalized spacial score (nSPS) is 47.3. The summed E-state index contributed by atoms with van der Waals surface area (Å²) in [7, 11) is 1.49. The van der Waals surface area contributed by atoms with Gasteiger partial charge in [0.2, 0.25) is 0 Å². The fourth-order valence-electron chi connectivity index (χ4n) is 9.51. The third-order valence-electron chi connectivity index (χ3n) is 11.2. The van der Waals surface area contributed by atoms with Crippen LogP contribution in [0.25, 0.3) is 0 Å². The van der Waals surface area contributed by atoms with Gasteiger partial charge in [0.1, 0.15) is 6.10 Å². The molecule has 34 heavy (non-hydrogen) atoms. The summed E-state index contributed by atoms with van der Waals surface area (Å²) < 4.78 is 22.1. The predicted octanol–water partition coefficient (Wildman–Crippen LogP) is 5.76. The monoisotopic (exact) mass is 476 g/mol. The van der Waals surface area contributed by atoms with Crippen LogP contribution in [0.1, 0.15) is 85.5 Å². The van der Waals surface area contributed by atoms with Crippen molar-refractivity contribution in [3.05, 3.63) is 0 Å². The molecular weight excluding hydrogens is 432 g/mol. The Morgan fingerprint density at radius 2 is 1.74 bits per heavy atom. The summed E-state index contributed by atoms with van der Waals surface area (Å²) in [5.41, 5.74) is 0.618. The van der Waals surface area contributed by atoms with Crippen molar-refractivity contribution in [2.45, 2.75) is 104 Å². The number of hydrogen-bond acceptors (Lipinski definition) is 6. The molecule has 0 N–H and O–H groups in total. The molecule has 5 fully saturated rings. The van der Waals surface area contributed by atoms with Crippen LogP contribution in [0.3, 0.4) is 0 Å². The lowest BCUT2D eigenvalue weighted by Crippen LogP contribution is -2.57. The van der Waals surface area contributed by atoms with Gasteiger partial charge in [0.15, 0.2) is 0 Å². The summed E-state index contributed by atoms with van der Waals surface area (Å²) in [6.45, 7) is 9.59. The van der Waals surface area contributed by atoms with Crippen LogP contribution < -0.4 is 0 Å². The second kappa shape index (κ2) is 8.97. The number of fused-ring (bicyclic) bond motifs is 8. The maximum Gasteiger partial charge on any atom is 0.508 e. The topological polar surface area (TPSA) is 74.4 Å². The third kappa shape index (κ3) is 3.87. The molecule has 6 nitrogen and oxygen atoms in total. The summed E-state index contributed by atoms with van der Waals surface area (Å²) in [5.74, 6) is 3.70. The Hall–Kier alpha value is -1.30. The zero-order chi connectivity index (χ0) is 24.3. The molecule has 5 aliphatic rings. The van der Waals surface area contributed by atoms with E-state index in [-0.39, 0.29) is 17.5 Å². The number of hydrogen-bond donors (Lipinski definition) is 0. The first-order valence-corrected chi connectivity index (χ1v) is 13.8. The lowest BCUT2D eigenvalue weighted by atomic mass is 9.44. The van der Waals surface area contributed by atoms with E-state index in [4.69, 9.17) is 18.9 Å². The van der Waals surface area contributed by atoms with Gasteiger partial charge in [0.05, 0.1) is 25.9 Å². The molecule has 0 aromatic carbocycles. The molecule has 0 unspecified atom stereocenters. The summed E-state index contributed by atoms with van der Waals surface area (Å²) in [6, 6.07) is 0. The molecule has 0 aromatic rings. The molecule has 0 amide bonds. The molecule has 6 heteroatoms. The molecule has 11 atom stereocenters. The minimum absolute atomic E-state index is 0.0427. The van der Waals surface area contributed by atoms with E-state index in [9.17, 15) is 9.59 Å². The van der Waals surface area contributed by atoms with E-state index in [1.807, 2.05) is 6.92 Å². The number of esters is 1. The molecule has 0 aromatic heterocycles. The summed E-state index contributed by atoms with van der Waals surface area (Å²) >= 11 is 0. The summed E-state index contributed by atoms with van der Waals surface area (Å²) in [4.78, 5) is 23.7. The highest BCUT2D eigenvalue weighted by atomic mass is 16.7. The van der Waals surface area contributed by atoms with Crippen molar-refractivity contribution in [2.24, 2.45) is 46.3 Å². The lowest BCUT2D eigenvalue weighted by molar-refractivity contribution is -0.141. The zero-order valence-corrected chi connectivity index (χ0v) is 21.7. The van der Waals surface area contributed by atoms with E-state index in [1.54, 1.807) is 0 Å². The van der Waals surface area contributed by atoms with E-state index in [1.165, 1.54) is 32.8 Å². The van der Waals surface area contributed by atoms with Crippen molar-refractivity contribution in [1.82, 2.24) is 0 Å². The van der Waals surface area contributed by atoms with Gasteiger partial charge in [0.25, 0.3) is 0 Å². The van der Waals surface area contributed by atoms with E-state index < -0.39 is 6.16 Å². The van der Waals surface area contributed by atoms with Crippen LogP contribution in [0, 0.1) is 46.3 Å². The molecule has 5 rings (SSSR count). The predicted molar refractivity (Wildman–Crippen MR) is 127 cm³/mol. The van der Waals surface area contributed by atoms with Gasteiger partial charge in [-0.3, -0.25) is 4.79 Å². The summed E-state index contributed by atoms with van der Waals surface area (Å²) in [5, 5.41) is 0. The van der Waals surface area contributed by atoms with Gasteiger partial charge in [-0.15, -0.1) is 0 Å². The quantitative estimate of drug-likeness (QED) is 0.358. The first kappa shape index (κ1) is 24.4. The molecule has 0 radical (unpaired) electrons. The minimum Gasteiger partial charge on any atom is -0.469 e. The lowest BCUT2D eigenvalue weighted by Gasteiger charge is -2.59. The maximum atomic E-state index is 11.9. The van der Waals surface area contributed by atoms with Gasteiger partial charge in [-0.1, -0.05) is 20.8 Å². The number of rotatable bonds is 6. The van der Waals surface area contributed by atoms with Crippen LogP contribution in [0.5, 0.6) is 0 Å². The standard InChI is InChI=1S/C28H44O6/c1-6-32-26(30)33-17-11-13-28(4)20-12-14-27(3)18(16(2)7-10-22(29)31-5)8-9-19(27)23(20)25-24(34-25)21(28)15-17/h16-21,23-25H,6-15H2,1-5H3/t16-,17-,18-,19+,20+,21+,23+,24-,25+,27-,28-/m1/s1. The van der Waals surface area contributed by atoms with Crippen molar-refractivity contribution in [3.63, 3.8) is 0 Å². The second-order valence-corrected chi connectivity index (χ2v) is 12.5. The Morgan fingerprint density at radius 1 is 1.00 bits per heavy atom. The summed E-state index contributed by atoms with van der Waals surface area (Å²) in [6.07, 6.45) is 9.71. The molecule has 0 bridgehead atoms. The van der Waals surface area contributed by atoms with E-state index in [2.05, 4.69) is 20.8 Å². The largest absolute Gasteiger partial charge is 0.508 e. The van der Waals surface area contributed by atoms with Crippen LogP contribution in [0.2, 0.25) is 0 Å². The number of epoxide rings is 1. The fourth-order valence-corrected chi connectivity index (χ4v) is 9.51. The molecule has 1 saturated heterocycles. The van der Waals surface area contributed by atoms with Crippen LogP contribution in [0.15, 0.2) is 0 Å². The van der Waals surface area contributed by atoms with Gasteiger partial charge in [-0.2, -0.15) is 0 Å². The Morgan fingerprint density at radius 3 is 2.47 bits per heavy atom. The molecular formula is C28H44O6. The SMILES string of the molecule is CCOC(=O)O[C@@H]1CC[C@@]2(C)[C@@H](C1)[C@H]1O[C@H]1[C@@H]1[C@@H]2CC[C@]2(C)[C@@H]([C@H](C)CCC(=O)OC)CC[C@@H]12. The van der Waals surface area contributed by atoms with Crippen molar-refractivity contribution in [3.8, 4) is 0 Å². The van der Waals surface area contributed by atoms with Gasteiger partial charge in [0, 0.05) is 6.42 Å². The van der Waals surface area contributed by atoms with Crippen molar-refractivity contribution >= 4 is 12.1 Å². The van der Waals surface area contributed by atoms with Crippen molar-refractivity contribution in [2.75, 3.05) is 13.7 Å². The van der Waals surface area contributed by atoms with Crippen LogP contribution >= 0.6 is 0 Å². The van der Waals surface area contributed by atoms with E-state index >= 15 is 0 Å². The zero-order valence-electron chi connectivity index (χ0n) is 21.7. The van der Waals surface area contributed by atoms with Gasteiger partial charge in [-0.05, 0) is 105 Å². The van der Waals surface area contributed by atoms with Crippen LogP contribution in [-0.4, -0.2) is 44.2 Å². The molecule has 1 heterocycles. The number of carbonyl (C=O) groups excluding carboxylic acids is 2. The van der Waals surface area contributed by atoms with Crippen molar-refractivity contribution in [1.29, 1.82) is 0 Å². The van der Waals surface area contributed by atoms with Crippen molar-refractivity contribution < 1.29 is 28.5 Å². The maximum absolute atomic E-state index is 11.9. The van der Waals surface area contributed by atoms with Crippen LogP contribution in [-0.2, 0) is 23.7 Å². The molecule has 4 saturated carbocycles. The first-order valence-electron chi connectivity index (χ1n) is 13.8. The smallest absolute Gasteiger partial charge is 0.469 e. The molecule has 4 aliphatic carbocycles. The Balaban J connectivity index is 1.29. The first-order chi connectivity index (χ1) is 16.2. The Bertz CT molecular complexity index is 798. The average Bonchev–Trinajstić information content (AvgIpc) is 3.52. The third-order valence-corrected chi connectivity index (χ3v) is 11.2. The van der Waals surface area contributed by atoms with Crippen LogP contribution in [0.4, 0.5) is 4.79 Å². The highest BCUT2D eigenvalue weighted by molar-refractivity contribution is 5.69. The number of ether oxygens (including phenoxy) is 4. The Labute approximate surface area is 204 Å². The molecule has 192 valence electrons. The second-order valence-electron chi connectivity index (χ2n) is 12.5. The van der Waals surface area contributed by atoms with E-state index in [0.29, 0.717) is 60.2 Å². The molecule has 0 spiro atoms.